The molecule has 1 atom stereocenters. The fourth-order valence-corrected chi connectivity index (χ4v) is 4.12. The molecule has 8 nitrogen and oxygen atoms in total. The van der Waals surface area contributed by atoms with Gasteiger partial charge in [-0.3, -0.25) is 9.20 Å². The molecular weight excluding hydrogens is 448 g/mol. The number of nitrogens with zero attached hydrogens (tertiary/aromatic N) is 2. The van der Waals surface area contributed by atoms with E-state index in [4.69, 9.17) is 18.9 Å². The van der Waals surface area contributed by atoms with E-state index in [0.29, 0.717) is 36.7 Å². The summed E-state index contributed by atoms with van der Waals surface area (Å²) in [6.07, 6.45) is 5.18. The molecule has 34 heavy (non-hydrogen) atoms. The molecule has 180 valence electrons. The first-order valence-electron chi connectivity index (χ1n) is 11.1. The first kappa shape index (κ1) is 22.5. The number of hydrogen-bond acceptors (Lipinski definition) is 6. The number of nitrogens with one attached hydrogen (secondary N) is 1. The number of carbonyl (C=O) groups excluding carboxylic acids is 1. The number of pyridine rings is 1. The van der Waals surface area contributed by atoms with Crippen molar-refractivity contribution in [2.24, 2.45) is 0 Å². The quantitative estimate of drug-likeness (QED) is 0.563. The summed E-state index contributed by atoms with van der Waals surface area (Å²) < 4.78 is 49.9. The largest absolute Gasteiger partial charge is 0.496 e. The van der Waals surface area contributed by atoms with Crippen LogP contribution in [-0.2, 0) is 15.1 Å². The second kappa shape index (κ2) is 8.84. The molecule has 1 aromatic carbocycles. The second-order valence-electron chi connectivity index (χ2n) is 8.60. The molecule has 1 saturated heterocycles. The summed E-state index contributed by atoms with van der Waals surface area (Å²) in [5, 5.41) is 2.80. The van der Waals surface area contributed by atoms with E-state index in [1.54, 1.807) is 12.3 Å². The van der Waals surface area contributed by atoms with Crippen LogP contribution in [0.25, 0.3) is 16.9 Å². The Labute approximate surface area is 194 Å². The number of rotatable bonds is 7. The molecule has 1 saturated carbocycles. The first-order chi connectivity index (χ1) is 16.4. The van der Waals surface area contributed by atoms with Gasteiger partial charge in [0.15, 0.2) is 0 Å². The van der Waals surface area contributed by atoms with Gasteiger partial charge in [0.2, 0.25) is 0 Å². The Hall–Kier alpha value is -3.24. The van der Waals surface area contributed by atoms with Crippen molar-refractivity contribution in [3.63, 3.8) is 0 Å². The van der Waals surface area contributed by atoms with E-state index < -0.39 is 18.1 Å². The lowest BCUT2D eigenvalue weighted by atomic mass is 9.97. The average Bonchev–Trinajstić information content (AvgIpc) is 3.53. The Morgan fingerprint density at radius 1 is 1.26 bits per heavy atom. The number of imidazole rings is 1. The Balaban J connectivity index is 1.56. The van der Waals surface area contributed by atoms with Crippen molar-refractivity contribution in [3.05, 3.63) is 47.8 Å². The minimum absolute atomic E-state index is 0.0460. The number of methoxy groups -OCH3 is 1. The Morgan fingerprint density at radius 2 is 2.06 bits per heavy atom. The van der Waals surface area contributed by atoms with Gasteiger partial charge in [0.25, 0.3) is 5.91 Å². The van der Waals surface area contributed by atoms with Crippen LogP contribution in [0.1, 0.15) is 35.7 Å². The Bertz CT molecular complexity index is 1220. The molecule has 0 radical (unpaired) electrons. The smallest absolute Gasteiger partial charge is 0.387 e. The van der Waals surface area contributed by atoms with E-state index in [0.717, 1.165) is 18.4 Å². The summed E-state index contributed by atoms with van der Waals surface area (Å²) in [5.74, 6) is -0.625. The van der Waals surface area contributed by atoms with E-state index in [1.165, 1.54) is 13.2 Å². The molecule has 5 rings (SSSR count). The summed E-state index contributed by atoms with van der Waals surface area (Å²) in [7, 11) is 1.38. The van der Waals surface area contributed by atoms with Crippen LogP contribution in [-0.4, -0.2) is 54.9 Å². The predicted octanol–water partition coefficient (Wildman–Crippen LogP) is 3.77. The molecule has 0 spiro atoms. The van der Waals surface area contributed by atoms with Gasteiger partial charge >= 0.3 is 6.61 Å². The lowest BCUT2D eigenvalue weighted by molar-refractivity contribution is -0.152. The van der Waals surface area contributed by atoms with Crippen LogP contribution in [0.2, 0.25) is 0 Å². The predicted molar refractivity (Wildman–Crippen MR) is 118 cm³/mol. The van der Waals surface area contributed by atoms with E-state index in [-0.39, 0.29) is 23.1 Å². The third kappa shape index (κ3) is 4.30. The van der Waals surface area contributed by atoms with Gasteiger partial charge < -0.3 is 24.3 Å². The van der Waals surface area contributed by atoms with Crippen LogP contribution in [0.4, 0.5) is 8.78 Å². The van der Waals surface area contributed by atoms with Crippen LogP contribution in [0, 0.1) is 0 Å². The number of ether oxygens (including phenoxy) is 4. The van der Waals surface area contributed by atoms with E-state index in [9.17, 15) is 13.6 Å². The highest BCUT2D eigenvalue weighted by atomic mass is 19.3. The van der Waals surface area contributed by atoms with Crippen LogP contribution < -0.4 is 14.8 Å². The van der Waals surface area contributed by atoms with Gasteiger partial charge in [0.1, 0.15) is 28.3 Å². The maximum absolute atomic E-state index is 13.2. The number of carbonyl (C=O) groups is 1. The van der Waals surface area contributed by atoms with E-state index in [2.05, 4.69) is 10.3 Å². The third-order valence-electron chi connectivity index (χ3n) is 6.09. The summed E-state index contributed by atoms with van der Waals surface area (Å²) >= 11 is 0. The third-order valence-corrected chi connectivity index (χ3v) is 6.09. The molecule has 2 aromatic heterocycles. The van der Waals surface area contributed by atoms with Gasteiger partial charge in [-0.15, -0.1) is 0 Å². The topological polar surface area (TPSA) is 83.3 Å². The summed E-state index contributed by atoms with van der Waals surface area (Å²) in [5.41, 5.74) is 2.07. The summed E-state index contributed by atoms with van der Waals surface area (Å²) in [6, 6.07) is 6.90. The molecule has 1 aliphatic carbocycles. The fourth-order valence-electron chi connectivity index (χ4n) is 4.12. The van der Waals surface area contributed by atoms with Crippen molar-refractivity contribution in [1.29, 1.82) is 0 Å². The number of benzene rings is 1. The van der Waals surface area contributed by atoms with Crippen LogP contribution in [0.5, 0.6) is 11.5 Å². The number of alkyl halides is 2. The van der Waals surface area contributed by atoms with Gasteiger partial charge in [-0.05, 0) is 49.6 Å². The average molecular weight is 473 g/mol. The van der Waals surface area contributed by atoms with Gasteiger partial charge in [0, 0.05) is 17.8 Å². The highest BCUT2D eigenvalue weighted by Gasteiger charge is 2.32. The van der Waals surface area contributed by atoms with Crippen molar-refractivity contribution < 1.29 is 32.5 Å². The molecule has 0 bridgehead atoms. The Kier molecular flexibility index (Phi) is 5.86. The van der Waals surface area contributed by atoms with Crippen LogP contribution in [0.15, 0.2) is 36.7 Å². The standard InChI is InChI=1S/C24H25F2N3O5/c1-24(13-32-7-8-33-24)15-5-6-29-17(12-27-20(29)11-15)14-9-18(31-2)21(19(10-14)34-23(25)26)22(30)28-16-3-4-16/h5-6,9-12,16,23H,3-4,7-8,13H2,1-2H3,(H,28,30). The van der Waals surface area contributed by atoms with Gasteiger partial charge in [-0.2, -0.15) is 8.78 Å². The maximum Gasteiger partial charge on any atom is 0.387 e. The molecule has 1 aliphatic heterocycles. The zero-order valence-electron chi connectivity index (χ0n) is 18.8. The number of amides is 1. The summed E-state index contributed by atoms with van der Waals surface area (Å²) in [4.78, 5) is 17.2. The van der Waals surface area contributed by atoms with Gasteiger partial charge in [0.05, 0.1) is 38.8 Å². The molecule has 1 N–H and O–H groups in total. The number of halogens is 2. The van der Waals surface area contributed by atoms with Crippen molar-refractivity contribution in [1.82, 2.24) is 14.7 Å². The normalized spacial score (nSPS) is 20.5. The second-order valence-corrected chi connectivity index (χ2v) is 8.60. The minimum atomic E-state index is -3.10. The highest BCUT2D eigenvalue weighted by Crippen LogP contribution is 2.37. The molecule has 3 heterocycles. The molecule has 1 unspecified atom stereocenters. The molecule has 10 heteroatoms. The van der Waals surface area contributed by atoms with Crippen molar-refractivity contribution >= 4 is 11.6 Å². The maximum atomic E-state index is 13.2. The van der Waals surface area contributed by atoms with Crippen LogP contribution in [0.3, 0.4) is 0 Å². The molecular formula is C24H25F2N3O5. The van der Waals surface area contributed by atoms with Crippen LogP contribution >= 0.6 is 0 Å². The van der Waals surface area contributed by atoms with E-state index >= 15 is 0 Å². The van der Waals surface area contributed by atoms with Crippen molar-refractivity contribution in [3.8, 4) is 22.8 Å². The first-order valence-corrected chi connectivity index (χ1v) is 11.1. The minimum Gasteiger partial charge on any atom is -0.496 e. The van der Waals surface area contributed by atoms with E-state index in [1.807, 2.05) is 29.7 Å². The highest BCUT2D eigenvalue weighted by molar-refractivity contribution is 6.01. The molecule has 2 aliphatic rings. The monoisotopic (exact) mass is 473 g/mol. The van der Waals surface area contributed by atoms with Crippen molar-refractivity contribution in [2.75, 3.05) is 26.9 Å². The SMILES string of the molecule is COc1cc(-c2cnc3cc(C4(C)COCCO4)ccn23)cc(OC(F)F)c1C(=O)NC1CC1. The van der Waals surface area contributed by atoms with Gasteiger partial charge in [-0.25, -0.2) is 4.98 Å². The zero-order chi connectivity index (χ0) is 23.9. The number of fused-ring (bicyclic) bond motifs is 1. The van der Waals surface area contributed by atoms with Crippen molar-refractivity contribution in [2.45, 2.75) is 38.0 Å². The zero-order valence-corrected chi connectivity index (χ0v) is 18.8. The molecule has 3 aromatic rings. The number of hydrogen-bond donors (Lipinski definition) is 1. The lowest BCUT2D eigenvalue weighted by Crippen LogP contribution is -2.37. The number of aromatic nitrogens is 2. The molecule has 1 amide bonds. The molecule has 2 fully saturated rings. The fraction of sp³-hybridized carbons (Fsp3) is 0.417. The summed E-state index contributed by atoms with van der Waals surface area (Å²) in [6.45, 7) is 0.369. The van der Waals surface area contributed by atoms with Gasteiger partial charge in [-0.1, -0.05) is 0 Å². The lowest BCUT2D eigenvalue weighted by Gasteiger charge is -2.34. The Morgan fingerprint density at radius 3 is 2.74 bits per heavy atom.